The van der Waals surface area contributed by atoms with Gasteiger partial charge in [0.05, 0.1) is 6.10 Å². The molecule has 0 spiro atoms. The Labute approximate surface area is 100 Å². The maximum absolute atomic E-state index is 11.4. The van der Waals surface area contributed by atoms with Crippen LogP contribution in [-0.4, -0.2) is 40.9 Å². The van der Waals surface area contributed by atoms with Gasteiger partial charge in [-0.25, -0.2) is 9.59 Å². The van der Waals surface area contributed by atoms with E-state index in [1.54, 1.807) is 0 Å². The van der Waals surface area contributed by atoms with Gasteiger partial charge >= 0.3 is 12.0 Å². The van der Waals surface area contributed by atoms with Gasteiger partial charge in [0.1, 0.15) is 0 Å². The van der Waals surface area contributed by atoms with Crippen LogP contribution in [0.2, 0.25) is 0 Å². The molecule has 98 valence electrons. The summed E-state index contributed by atoms with van der Waals surface area (Å²) in [6.45, 7) is 3.91. The zero-order chi connectivity index (χ0) is 13.0. The molecule has 1 unspecified atom stereocenters. The monoisotopic (exact) mass is 244 g/mol. The molecule has 6 heteroatoms. The topological polar surface area (TPSA) is 98.7 Å². The van der Waals surface area contributed by atoms with E-state index in [0.717, 1.165) is 0 Å². The predicted octanol–water partition coefficient (Wildman–Crippen LogP) is 0.166. The summed E-state index contributed by atoms with van der Waals surface area (Å²) in [4.78, 5) is 22.1. The minimum Gasteiger partial charge on any atom is -0.480 e. The third-order valence-corrected chi connectivity index (χ3v) is 3.05. The van der Waals surface area contributed by atoms with Crippen LogP contribution in [0.1, 0.15) is 26.7 Å². The highest BCUT2D eigenvalue weighted by Crippen LogP contribution is 2.35. The zero-order valence-electron chi connectivity index (χ0n) is 10.1. The van der Waals surface area contributed by atoms with E-state index in [1.807, 2.05) is 0 Å². The van der Waals surface area contributed by atoms with E-state index >= 15 is 0 Å². The first-order valence-corrected chi connectivity index (χ1v) is 5.87. The van der Waals surface area contributed by atoms with Crippen molar-refractivity contribution in [3.05, 3.63) is 0 Å². The van der Waals surface area contributed by atoms with Gasteiger partial charge in [0.2, 0.25) is 0 Å². The number of carboxylic acids is 1. The maximum atomic E-state index is 11.4. The number of carbonyl (C=O) groups is 2. The maximum Gasteiger partial charge on any atom is 0.328 e. The van der Waals surface area contributed by atoms with Crippen LogP contribution in [0.25, 0.3) is 0 Å². The van der Waals surface area contributed by atoms with Crippen LogP contribution >= 0.6 is 0 Å². The number of amides is 2. The summed E-state index contributed by atoms with van der Waals surface area (Å²) in [6, 6.07) is -1.82. The summed E-state index contributed by atoms with van der Waals surface area (Å²) in [5.41, 5.74) is 0. The van der Waals surface area contributed by atoms with Crippen molar-refractivity contribution in [2.45, 2.75) is 38.8 Å². The number of urea groups is 1. The lowest BCUT2D eigenvalue weighted by molar-refractivity contribution is -0.141. The number of aliphatic carboxylic acids is 1. The van der Waals surface area contributed by atoms with Gasteiger partial charge < -0.3 is 20.8 Å². The van der Waals surface area contributed by atoms with Gasteiger partial charge in [-0.1, -0.05) is 6.92 Å². The smallest absolute Gasteiger partial charge is 0.328 e. The molecule has 2 amide bonds. The van der Waals surface area contributed by atoms with Crippen LogP contribution in [0.3, 0.4) is 0 Å². The molecule has 3 atom stereocenters. The number of rotatable bonds is 6. The highest BCUT2D eigenvalue weighted by atomic mass is 16.4. The van der Waals surface area contributed by atoms with Crippen molar-refractivity contribution in [3.8, 4) is 0 Å². The first-order valence-electron chi connectivity index (χ1n) is 5.87. The summed E-state index contributed by atoms with van der Waals surface area (Å²) < 4.78 is 0. The van der Waals surface area contributed by atoms with Crippen molar-refractivity contribution in [2.75, 3.05) is 6.54 Å². The Hall–Kier alpha value is -1.30. The molecule has 1 aliphatic rings. The average Bonchev–Trinajstić information content (AvgIpc) is 3.05. The fourth-order valence-corrected chi connectivity index (χ4v) is 1.67. The Kier molecular flexibility index (Phi) is 4.74. The third-order valence-electron chi connectivity index (χ3n) is 3.05. The lowest BCUT2D eigenvalue weighted by atomic mass is 10.1. The number of carbonyl (C=O) groups excluding carboxylic acids is 1. The quantitative estimate of drug-likeness (QED) is 0.535. The molecule has 4 N–H and O–H groups in total. The van der Waals surface area contributed by atoms with Crippen LogP contribution in [-0.2, 0) is 4.79 Å². The van der Waals surface area contributed by atoms with Crippen LogP contribution in [0.15, 0.2) is 0 Å². The predicted molar refractivity (Wildman–Crippen MR) is 61.5 cm³/mol. The third kappa shape index (κ3) is 4.60. The lowest BCUT2D eigenvalue weighted by Crippen LogP contribution is -2.51. The largest absolute Gasteiger partial charge is 0.480 e. The number of hydrogen-bond acceptors (Lipinski definition) is 3. The van der Waals surface area contributed by atoms with Crippen LogP contribution < -0.4 is 10.6 Å². The molecule has 6 nitrogen and oxygen atoms in total. The van der Waals surface area contributed by atoms with Crippen molar-refractivity contribution >= 4 is 12.0 Å². The van der Waals surface area contributed by atoms with Crippen LogP contribution in [0.5, 0.6) is 0 Å². The fraction of sp³-hybridized carbons (Fsp3) is 0.818. The normalized spacial score (nSPS) is 20.2. The van der Waals surface area contributed by atoms with E-state index in [0.29, 0.717) is 18.4 Å². The van der Waals surface area contributed by atoms with E-state index < -0.39 is 24.1 Å². The number of carboxylic acid groups (broad SMARTS) is 1. The molecule has 0 aromatic heterocycles. The molecule has 1 saturated carbocycles. The van der Waals surface area contributed by atoms with Gasteiger partial charge in [-0.05, 0) is 31.6 Å². The SMILES string of the molecule is CC(CNC(=O)N[C@H](C(=O)O)[C@@H](C)O)C1CC1. The Morgan fingerprint density at radius 2 is 1.94 bits per heavy atom. The van der Waals surface area contributed by atoms with E-state index in [4.69, 9.17) is 5.11 Å². The summed E-state index contributed by atoms with van der Waals surface area (Å²) in [5.74, 6) is -0.150. The first kappa shape index (κ1) is 13.8. The van der Waals surface area contributed by atoms with Crippen molar-refractivity contribution < 1.29 is 19.8 Å². The van der Waals surface area contributed by atoms with Gasteiger partial charge in [-0.3, -0.25) is 0 Å². The van der Waals surface area contributed by atoms with E-state index in [-0.39, 0.29) is 0 Å². The number of nitrogens with one attached hydrogen (secondary N) is 2. The van der Waals surface area contributed by atoms with Crippen molar-refractivity contribution in [1.29, 1.82) is 0 Å². The molecule has 0 heterocycles. The first-order chi connectivity index (χ1) is 7.91. The second kappa shape index (κ2) is 5.86. The van der Waals surface area contributed by atoms with Gasteiger partial charge in [0.15, 0.2) is 6.04 Å². The highest BCUT2D eigenvalue weighted by Gasteiger charge is 2.29. The van der Waals surface area contributed by atoms with Crippen molar-refractivity contribution in [2.24, 2.45) is 11.8 Å². The molecule has 0 bridgehead atoms. The highest BCUT2D eigenvalue weighted by molar-refractivity contribution is 5.82. The van der Waals surface area contributed by atoms with Crippen LogP contribution in [0, 0.1) is 11.8 Å². The molecule has 17 heavy (non-hydrogen) atoms. The molecular weight excluding hydrogens is 224 g/mol. The lowest BCUT2D eigenvalue weighted by Gasteiger charge is -2.18. The average molecular weight is 244 g/mol. The summed E-state index contributed by atoms with van der Waals surface area (Å²) in [5, 5.41) is 22.8. The number of aliphatic hydroxyl groups excluding tert-OH is 1. The number of hydrogen-bond donors (Lipinski definition) is 4. The molecule has 0 saturated heterocycles. The minimum atomic E-state index is -1.27. The summed E-state index contributed by atoms with van der Waals surface area (Å²) >= 11 is 0. The summed E-state index contributed by atoms with van der Waals surface area (Å²) in [7, 11) is 0. The molecule has 1 rings (SSSR count). The second-order valence-corrected chi connectivity index (χ2v) is 4.73. The fourth-order valence-electron chi connectivity index (χ4n) is 1.67. The van der Waals surface area contributed by atoms with Crippen molar-refractivity contribution in [3.63, 3.8) is 0 Å². The Morgan fingerprint density at radius 1 is 1.35 bits per heavy atom. The van der Waals surface area contributed by atoms with E-state index in [1.165, 1.54) is 19.8 Å². The standard InChI is InChI=1S/C11H20N2O4/c1-6(8-3-4-8)5-12-11(17)13-9(7(2)14)10(15)16/h6-9,14H,3-5H2,1-2H3,(H,15,16)(H2,12,13,17)/t6?,7-,9+/m1/s1. The van der Waals surface area contributed by atoms with Gasteiger partial charge in [-0.15, -0.1) is 0 Å². The van der Waals surface area contributed by atoms with Gasteiger partial charge in [0, 0.05) is 6.54 Å². The number of aliphatic hydroxyl groups is 1. The molecule has 1 aliphatic carbocycles. The van der Waals surface area contributed by atoms with Gasteiger partial charge in [-0.2, -0.15) is 0 Å². The molecule has 1 fully saturated rings. The molecule has 0 aromatic rings. The zero-order valence-corrected chi connectivity index (χ0v) is 10.1. The molecule has 0 aromatic carbocycles. The molecule has 0 radical (unpaired) electrons. The van der Waals surface area contributed by atoms with Gasteiger partial charge in [0.25, 0.3) is 0 Å². The molecular formula is C11H20N2O4. The molecule has 0 aliphatic heterocycles. The van der Waals surface area contributed by atoms with Crippen molar-refractivity contribution in [1.82, 2.24) is 10.6 Å². The minimum absolute atomic E-state index is 0.413. The van der Waals surface area contributed by atoms with Crippen LogP contribution in [0.4, 0.5) is 4.79 Å². The van der Waals surface area contributed by atoms with E-state index in [9.17, 15) is 14.7 Å². The summed E-state index contributed by atoms with van der Waals surface area (Å²) in [6.07, 6.45) is 1.28. The Morgan fingerprint density at radius 3 is 2.35 bits per heavy atom. The Bertz CT molecular complexity index is 289. The second-order valence-electron chi connectivity index (χ2n) is 4.73. The van der Waals surface area contributed by atoms with E-state index in [2.05, 4.69) is 17.6 Å². The Balaban J connectivity index is 2.29.